The molecule has 0 atom stereocenters. The minimum Gasteiger partial charge on any atom is -0.384 e. The van der Waals surface area contributed by atoms with Crippen molar-refractivity contribution in [1.82, 2.24) is 4.98 Å². The highest BCUT2D eigenvalue weighted by atomic mass is 19.3. The normalized spacial score (nSPS) is 10.8. The van der Waals surface area contributed by atoms with E-state index in [1.165, 1.54) is 0 Å². The molecule has 0 aliphatic carbocycles. The number of anilines is 1. The Morgan fingerprint density at radius 3 is 2.42 bits per heavy atom. The number of hydrogen-bond donors (Lipinski definition) is 1. The summed E-state index contributed by atoms with van der Waals surface area (Å²) in [5, 5.41) is 0. The molecule has 12 heavy (non-hydrogen) atoms. The molecule has 0 bridgehead atoms. The Morgan fingerprint density at radius 2 is 1.92 bits per heavy atom. The van der Waals surface area contributed by atoms with Crippen LogP contribution in [0, 0.1) is 11.8 Å². The van der Waals surface area contributed by atoms with Crippen LogP contribution in [0.25, 0.3) is 0 Å². The molecule has 0 saturated carbocycles. The molecule has 1 aromatic heterocycles. The number of halogens is 4. The third kappa shape index (κ3) is 1.46. The van der Waals surface area contributed by atoms with Crippen molar-refractivity contribution >= 4 is 5.82 Å². The fourth-order valence-corrected chi connectivity index (χ4v) is 0.695. The largest absolute Gasteiger partial charge is 0.384 e. The lowest BCUT2D eigenvalue weighted by molar-refractivity contribution is 0.144. The summed E-state index contributed by atoms with van der Waals surface area (Å²) in [7, 11) is 0. The molecule has 0 fully saturated rings. The van der Waals surface area contributed by atoms with Gasteiger partial charge in [-0.15, -0.1) is 0 Å². The van der Waals surface area contributed by atoms with Crippen molar-refractivity contribution in [3.63, 3.8) is 0 Å². The Morgan fingerprint density at radius 1 is 1.33 bits per heavy atom. The van der Waals surface area contributed by atoms with Crippen LogP contribution in [-0.2, 0) is 0 Å². The van der Waals surface area contributed by atoms with E-state index < -0.39 is 29.6 Å². The van der Waals surface area contributed by atoms with Gasteiger partial charge in [0.05, 0.1) is 5.56 Å². The number of aromatic nitrogens is 1. The number of pyridine rings is 1. The Labute approximate surface area is 65.0 Å². The molecule has 0 amide bonds. The first-order valence-corrected chi connectivity index (χ1v) is 2.92. The summed E-state index contributed by atoms with van der Waals surface area (Å²) < 4.78 is 48.6. The zero-order chi connectivity index (χ0) is 9.30. The van der Waals surface area contributed by atoms with Crippen LogP contribution in [0.3, 0.4) is 0 Å². The van der Waals surface area contributed by atoms with E-state index in [0.717, 1.165) is 0 Å². The topological polar surface area (TPSA) is 38.9 Å². The average molecular weight is 180 g/mol. The third-order valence-electron chi connectivity index (χ3n) is 1.20. The number of nitrogen functional groups attached to an aromatic ring is 1. The van der Waals surface area contributed by atoms with Gasteiger partial charge in [-0.05, 0) is 6.07 Å². The monoisotopic (exact) mass is 180 g/mol. The van der Waals surface area contributed by atoms with Crippen molar-refractivity contribution in [1.29, 1.82) is 0 Å². The molecule has 0 aromatic carbocycles. The summed E-state index contributed by atoms with van der Waals surface area (Å²) in [6.07, 6.45) is -3.09. The van der Waals surface area contributed by atoms with Crippen LogP contribution in [0.2, 0.25) is 0 Å². The third-order valence-corrected chi connectivity index (χ3v) is 1.20. The number of nitrogens with two attached hydrogens (primary N) is 1. The summed E-state index contributed by atoms with van der Waals surface area (Å²) >= 11 is 0. The van der Waals surface area contributed by atoms with Crippen LogP contribution in [0.4, 0.5) is 23.4 Å². The van der Waals surface area contributed by atoms with Gasteiger partial charge >= 0.3 is 0 Å². The maximum absolute atomic E-state index is 12.5. The Bertz CT molecular complexity index is 300. The molecular weight excluding hydrogens is 176 g/mol. The molecule has 2 N–H and O–H groups in total. The van der Waals surface area contributed by atoms with Gasteiger partial charge < -0.3 is 5.73 Å². The van der Waals surface area contributed by atoms with Gasteiger partial charge in [-0.25, -0.2) is 18.2 Å². The van der Waals surface area contributed by atoms with E-state index in [1.807, 2.05) is 0 Å². The summed E-state index contributed by atoms with van der Waals surface area (Å²) in [4.78, 5) is 2.82. The highest BCUT2D eigenvalue weighted by molar-refractivity contribution is 5.33. The van der Waals surface area contributed by atoms with Gasteiger partial charge in [0.1, 0.15) is 5.82 Å². The van der Waals surface area contributed by atoms with Gasteiger partial charge in [0.25, 0.3) is 12.4 Å². The van der Waals surface area contributed by atoms with E-state index in [-0.39, 0.29) is 0 Å². The molecule has 1 rings (SSSR count). The molecule has 6 heteroatoms. The molecule has 0 aliphatic heterocycles. The Hall–Kier alpha value is -1.33. The van der Waals surface area contributed by atoms with Crippen molar-refractivity contribution in [2.45, 2.75) is 6.43 Å². The number of alkyl halides is 2. The molecule has 0 saturated heterocycles. The van der Waals surface area contributed by atoms with E-state index in [2.05, 4.69) is 4.98 Å². The minimum atomic E-state index is -3.09. The summed E-state index contributed by atoms with van der Waals surface area (Å²) in [5.41, 5.74) is 3.85. The Kier molecular flexibility index (Phi) is 2.16. The maximum Gasteiger partial charge on any atom is 0.266 e. The molecule has 2 nitrogen and oxygen atoms in total. The molecule has 0 radical (unpaired) electrons. The molecule has 66 valence electrons. The summed E-state index contributed by atoms with van der Waals surface area (Å²) in [6, 6.07) is 0.600. The first-order valence-electron chi connectivity index (χ1n) is 2.92. The van der Waals surface area contributed by atoms with Gasteiger partial charge in [0.2, 0.25) is 0 Å². The van der Waals surface area contributed by atoms with E-state index in [1.54, 1.807) is 0 Å². The van der Waals surface area contributed by atoms with Crippen LogP contribution < -0.4 is 5.73 Å². The predicted molar refractivity (Wildman–Crippen MR) is 33.5 cm³/mol. The lowest BCUT2D eigenvalue weighted by Gasteiger charge is -2.02. The fourth-order valence-electron chi connectivity index (χ4n) is 0.695. The first-order chi connectivity index (χ1) is 5.52. The first kappa shape index (κ1) is 8.76. The van der Waals surface area contributed by atoms with Crippen LogP contribution >= 0.6 is 0 Å². The summed E-state index contributed by atoms with van der Waals surface area (Å²) in [6.45, 7) is 0. The van der Waals surface area contributed by atoms with Crippen LogP contribution in [0.1, 0.15) is 12.0 Å². The Balaban J connectivity index is 3.28. The minimum absolute atomic E-state index is 0.468. The standard InChI is InChI=1S/C6H4F4N2/c7-4-2(5(8)9)1-3(11)12-6(4)10/h1,5H,(H2,11,12). The SMILES string of the molecule is Nc1cc(C(F)F)c(F)c(F)n1. The maximum atomic E-state index is 12.5. The number of rotatable bonds is 1. The molecule has 0 aliphatic rings. The van der Waals surface area contributed by atoms with Gasteiger partial charge in [0, 0.05) is 0 Å². The van der Waals surface area contributed by atoms with E-state index in [4.69, 9.17) is 5.73 Å². The van der Waals surface area contributed by atoms with Crippen molar-refractivity contribution < 1.29 is 17.6 Å². The smallest absolute Gasteiger partial charge is 0.266 e. The van der Waals surface area contributed by atoms with Crippen molar-refractivity contribution in [3.05, 3.63) is 23.4 Å². The second-order valence-corrected chi connectivity index (χ2v) is 2.04. The zero-order valence-corrected chi connectivity index (χ0v) is 5.69. The highest BCUT2D eigenvalue weighted by Gasteiger charge is 2.18. The van der Waals surface area contributed by atoms with Gasteiger partial charge in [0.15, 0.2) is 5.82 Å². The molecular formula is C6H4F4N2. The molecule has 0 spiro atoms. The van der Waals surface area contributed by atoms with Gasteiger partial charge in [-0.1, -0.05) is 0 Å². The lowest BCUT2D eigenvalue weighted by Crippen LogP contribution is -2.02. The van der Waals surface area contributed by atoms with Crippen LogP contribution in [-0.4, -0.2) is 4.98 Å². The van der Waals surface area contributed by atoms with Crippen molar-refractivity contribution in [2.24, 2.45) is 0 Å². The van der Waals surface area contributed by atoms with Crippen molar-refractivity contribution in [2.75, 3.05) is 5.73 Å². The second kappa shape index (κ2) is 2.96. The second-order valence-electron chi connectivity index (χ2n) is 2.04. The highest BCUT2D eigenvalue weighted by Crippen LogP contribution is 2.24. The van der Waals surface area contributed by atoms with Gasteiger partial charge in [-0.2, -0.15) is 4.39 Å². The van der Waals surface area contributed by atoms with Gasteiger partial charge in [-0.3, -0.25) is 0 Å². The fraction of sp³-hybridized carbons (Fsp3) is 0.167. The quantitative estimate of drug-likeness (QED) is 0.529. The molecule has 0 unspecified atom stereocenters. The average Bonchev–Trinajstić information content (AvgIpc) is 1.96. The van der Waals surface area contributed by atoms with Crippen LogP contribution in [0.15, 0.2) is 6.07 Å². The summed E-state index contributed by atoms with van der Waals surface area (Å²) in [5.74, 6) is -3.73. The predicted octanol–water partition coefficient (Wildman–Crippen LogP) is 1.88. The number of hydrogen-bond acceptors (Lipinski definition) is 2. The van der Waals surface area contributed by atoms with E-state index >= 15 is 0 Å². The lowest BCUT2D eigenvalue weighted by atomic mass is 10.2. The van der Waals surface area contributed by atoms with Crippen LogP contribution in [0.5, 0.6) is 0 Å². The zero-order valence-electron chi connectivity index (χ0n) is 5.69. The molecule has 1 aromatic rings. The number of nitrogens with zero attached hydrogens (tertiary/aromatic N) is 1. The van der Waals surface area contributed by atoms with Crippen molar-refractivity contribution in [3.8, 4) is 0 Å². The van der Waals surface area contributed by atoms with E-state index in [9.17, 15) is 17.6 Å². The van der Waals surface area contributed by atoms with E-state index in [0.29, 0.717) is 6.07 Å². The molecule has 1 heterocycles.